The van der Waals surface area contributed by atoms with Crippen LogP contribution in [0.15, 0.2) is 29.3 Å². The lowest BCUT2D eigenvalue weighted by Crippen LogP contribution is -2.33. The first-order chi connectivity index (χ1) is 10.3. The van der Waals surface area contributed by atoms with E-state index >= 15 is 0 Å². The molecule has 0 radical (unpaired) electrons. The average molecular weight is 288 g/mol. The van der Waals surface area contributed by atoms with Crippen molar-refractivity contribution in [2.45, 2.75) is 52.1 Å². The molecule has 0 amide bonds. The molecular weight excluding hydrogens is 260 g/mol. The van der Waals surface area contributed by atoms with E-state index in [1.807, 2.05) is 6.92 Å². The number of benzene rings is 1. The number of rotatable bonds is 7. The molecule has 0 aliphatic carbocycles. The first-order valence-corrected chi connectivity index (χ1v) is 8.11. The molecular formula is C17H28N4. The smallest absolute Gasteiger partial charge is 0.189 e. The molecule has 2 rings (SSSR count). The lowest BCUT2D eigenvalue weighted by Gasteiger charge is -2.23. The molecule has 1 aliphatic rings. The van der Waals surface area contributed by atoms with Crippen LogP contribution in [0.25, 0.3) is 0 Å². The second kappa shape index (κ2) is 8.03. The summed E-state index contributed by atoms with van der Waals surface area (Å²) in [5, 5.41) is 3.06. The third-order valence-corrected chi connectivity index (χ3v) is 4.09. The molecule has 0 saturated heterocycles. The van der Waals surface area contributed by atoms with Crippen molar-refractivity contribution in [2.24, 2.45) is 10.7 Å². The minimum atomic E-state index is 0.492. The van der Waals surface area contributed by atoms with Crippen LogP contribution in [0.4, 0.5) is 0 Å². The summed E-state index contributed by atoms with van der Waals surface area (Å²) in [6.45, 7) is 6.75. The topological polar surface area (TPSA) is 53.6 Å². The minimum Gasteiger partial charge on any atom is -0.370 e. The fourth-order valence-corrected chi connectivity index (χ4v) is 3.01. The molecule has 1 aromatic carbocycles. The molecule has 4 heteroatoms. The van der Waals surface area contributed by atoms with Crippen LogP contribution in [0.1, 0.15) is 56.7 Å². The Morgan fingerprint density at radius 2 is 2.14 bits per heavy atom. The van der Waals surface area contributed by atoms with Gasteiger partial charge in [-0.2, -0.15) is 0 Å². The predicted octanol–water partition coefficient (Wildman–Crippen LogP) is 3.01. The Bertz CT molecular complexity index is 470. The Kier molecular flexibility index (Phi) is 6.05. The van der Waals surface area contributed by atoms with E-state index in [2.05, 4.69) is 46.4 Å². The van der Waals surface area contributed by atoms with E-state index in [0.717, 1.165) is 13.1 Å². The summed E-state index contributed by atoms with van der Waals surface area (Å²) in [6.07, 6.45) is 5.05. The summed E-state index contributed by atoms with van der Waals surface area (Å²) in [6, 6.07) is 9.27. The molecule has 21 heavy (non-hydrogen) atoms. The molecule has 1 heterocycles. The lowest BCUT2D eigenvalue weighted by molar-refractivity contribution is 0.208. The van der Waals surface area contributed by atoms with Gasteiger partial charge in [0.25, 0.3) is 0 Å². The first-order valence-electron chi connectivity index (χ1n) is 8.11. The highest BCUT2D eigenvalue weighted by molar-refractivity contribution is 5.77. The SMILES string of the molecule is CCCCCC1c2ccccc2CN1CN=C(N)NCC. The van der Waals surface area contributed by atoms with Gasteiger partial charge in [-0.1, -0.05) is 50.5 Å². The largest absolute Gasteiger partial charge is 0.370 e. The number of nitrogens with zero attached hydrogens (tertiary/aromatic N) is 2. The van der Waals surface area contributed by atoms with Gasteiger partial charge >= 0.3 is 0 Å². The number of aliphatic imine (C=N–C) groups is 1. The fourth-order valence-electron chi connectivity index (χ4n) is 3.01. The maximum Gasteiger partial charge on any atom is 0.189 e. The van der Waals surface area contributed by atoms with Crippen LogP contribution in [0.2, 0.25) is 0 Å². The molecule has 0 spiro atoms. The monoisotopic (exact) mass is 288 g/mol. The van der Waals surface area contributed by atoms with Crippen LogP contribution >= 0.6 is 0 Å². The molecule has 1 unspecified atom stereocenters. The summed E-state index contributed by atoms with van der Waals surface area (Å²) in [5.74, 6) is 0.542. The number of fused-ring (bicyclic) bond motifs is 1. The van der Waals surface area contributed by atoms with Gasteiger partial charge in [0.05, 0.1) is 6.67 Å². The lowest BCUT2D eigenvalue weighted by atomic mass is 10.00. The summed E-state index contributed by atoms with van der Waals surface area (Å²) in [5.41, 5.74) is 8.77. The molecule has 0 bridgehead atoms. The Morgan fingerprint density at radius 1 is 1.33 bits per heavy atom. The first kappa shape index (κ1) is 15.8. The van der Waals surface area contributed by atoms with Gasteiger partial charge in [0.15, 0.2) is 5.96 Å². The van der Waals surface area contributed by atoms with E-state index in [0.29, 0.717) is 18.7 Å². The summed E-state index contributed by atoms with van der Waals surface area (Å²) < 4.78 is 0. The van der Waals surface area contributed by atoms with Crippen LogP contribution in [0, 0.1) is 0 Å². The van der Waals surface area contributed by atoms with Gasteiger partial charge in [-0.3, -0.25) is 4.90 Å². The Balaban J connectivity index is 2.04. The number of hydrogen-bond donors (Lipinski definition) is 2. The number of nitrogens with one attached hydrogen (secondary N) is 1. The quantitative estimate of drug-likeness (QED) is 0.461. The Morgan fingerprint density at radius 3 is 2.90 bits per heavy atom. The molecule has 0 saturated carbocycles. The van der Waals surface area contributed by atoms with Gasteiger partial charge in [-0.25, -0.2) is 4.99 Å². The van der Waals surface area contributed by atoms with Crippen molar-refractivity contribution in [3.05, 3.63) is 35.4 Å². The van der Waals surface area contributed by atoms with E-state index < -0.39 is 0 Å². The highest BCUT2D eigenvalue weighted by Gasteiger charge is 2.28. The molecule has 116 valence electrons. The van der Waals surface area contributed by atoms with E-state index in [-0.39, 0.29) is 0 Å². The second-order valence-electron chi connectivity index (χ2n) is 5.67. The third kappa shape index (κ3) is 4.21. The Hall–Kier alpha value is -1.55. The zero-order chi connectivity index (χ0) is 15.1. The van der Waals surface area contributed by atoms with Crippen molar-refractivity contribution >= 4 is 5.96 Å². The van der Waals surface area contributed by atoms with Crippen molar-refractivity contribution in [1.82, 2.24) is 10.2 Å². The molecule has 0 aromatic heterocycles. The van der Waals surface area contributed by atoms with Crippen LogP contribution < -0.4 is 11.1 Å². The minimum absolute atomic E-state index is 0.492. The molecule has 0 fully saturated rings. The van der Waals surface area contributed by atoms with Crippen molar-refractivity contribution < 1.29 is 0 Å². The maximum absolute atomic E-state index is 5.85. The van der Waals surface area contributed by atoms with Crippen LogP contribution in [0.5, 0.6) is 0 Å². The molecule has 1 aromatic rings. The average Bonchev–Trinajstić information content (AvgIpc) is 2.84. The molecule has 1 aliphatic heterocycles. The number of guanidine groups is 1. The van der Waals surface area contributed by atoms with Gasteiger partial charge < -0.3 is 11.1 Å². The highest BCUT2D eigenvalue weighted by atomic mass is 15.3. The van der Waals surface area contributed by atoms with Gasteiger partial charge in [0, 0.05) is 19.1 Å². The summed E-state index contributed by atoms with van der Waals surface area (Å²) in [7, 11) is 0. The van der Waals surface area contributed by atoms with Crippen LogP contribution in [0.3, 0.4) is 0 Å². The van der Waals surface area contributed by atoms with E-state index in [1.54, 1.807) is 0 Å². The number of hydrogen-bond acceptors (Lipinski definition) is 2. The Labute approximate surface area is 128 Å². The molecule has 4 nitrogen and oxygen atoms in total. The van der Waals surface area contributed by atoms with Crippen LogP contribution in [-0.2, 0) is 6.54 Å². The summed E-state index contributed by atoms with van der Waals surface area (Å²) in [4.78, 5) is 6.90. The van der Waals surface area contributed by atoms with Gasteiger partial charge in [-0.15, -0.1) is 0 Å². The van der Waals surface area contributed by atoms with Crippen molar-refractivity contribution in [3.8, 4) is 0 Å². The van der Waals surface area contributed by atoms with Gasteiger partial charge in [0.1, 0.15) is 0 Å². The highest BCUT2D eigenvalue weighted by Crippen LogP contribution is 2.36. The second-order valence-corrected chi connectivity index (χ2v) is 5.67. The maximum atomic E-state index is 5.85. The van der Waals surface area contributed by atoms with Crippen molar-refractivity contribution in [1.29, 1.82) is 0 Å². The van der Waals surface area contributed by atoms with Crippen LogP contribution in [-0.4, -0.2) is 24.1 Å². The fraction of sp³-hybridized carbons (Fsp3) is 0.588. The summed E-state index contributed by atoms with van der Waals surface area (Å²) >= 11 is 0. The van der Waals surface area contributed by atoms with E-state index in [1.165, 1.54) is 36.8 Å². The molecule has 3 N–H and O–H groups in total. The van der Waals surface area contributed by atoms with Crippen molar-refractivity contribution in [3.63, 3.8) is 0 Å². The van der Waals surface area contributed by atoms with Gasteiger partial charge in [-0.05, 0) is 24.5 Å². The van der Waals surface area contributed by atoms with Gasteiger partial charge in [0.2, 0.25) is 0 Å². The normalized spacial score (nSPS) is 18.8. The molecule has 1 atom stereocenters. The number of nitrogens with two attached hydrogens (primary N) is 1. The van der Waals surface area contributed by atoms with Crippen molar-refractivity contribution in [2.75, 3.05) is 13.2 Å². The standard InChI is InChI=1S/C17H28N4/c1-3-5-6-11-16-15-10-8-7-9-14(15)12-21(16)13-20-17(18)19-4-2/h7-10,16H,3-6,11-13H2,1-2H3,(H3,18,19,20). The number of unbranched alkanes of at least 4 members (excludes halogenated alkanes) is 2. The third-order valence-electron chi connectivity index (χ3n) is 4.09. The van der Waals surface area contributed by atoms with E-state index in [4.69, 9.17) is 5.73 Å². The zero-order valence-electron chi connectivity index (χ0n) is 13.3. The van der Waals surface area contributed by atoms with E-state index in [9.17, 15) is 0 Å². The predicted molar refractivity (Wildman–Crippen MR) is 89.0 cm³/mol. The zero-order valence-corrected chi connectivity index (χ0v) is 13.3.